The number of hydrazine groups is 1. The highest BCUT2D eigenvalue weighted by molar-refractivity contribution is 7.80. The Morgan fingerprint density at radius 2 is 1.30 bits per heavy atom. The number of benzene rings is 3. The van der Waals surface area contributed by atoms with Crippen LogP contribution in [0, 0.1) is 0 Å². The van der Waals surface area contributed by atoms with Crippen molar-refractivity contribution in [3.63, 3.8) is 0 Å². The van der Waals surface area contributed by atoms with Crippen molar-refractivity contribution in [3.8, 4) is 0 Å². The molecule has 192 valence electrons. The van der Waals surface area contributed by atoms with Gasteiger partial charge in [-0.3, -0.25) is 25.2 Å². The van der Waals surface area contributed by atoms with Crippen LogP contribution < -0.4 is 16.2 Å². The minimum Gasteiger partial charge on any atom is -0.466 e. The summed E-state index contributed by atoms with van der Waals surface area (Å²) in [5.74, 6) is -1.55. The van der Waals surface area contributed by atoms with E-state index in [2.05, 4.69) is 16.2 Å². The zero-order chi connectivity index (χ0) is 26.3. The fourth-order valence-electron chi connectivity index (χ4n) is 3.77. The Morgan fingerprint density at radius 1 is 0.730 bits per heavy atom. The van der Waals surface area contributed by atoms with Crippen molar-refractivity contribution in [3.05, 3.63) is 108 Å². The quantitative estimate of drug-likeness (QED) is 0.153. The van der Waals surface area contributed by atoms with Crippen LogP contribution >= 0.6 is 12.2 Å². The molecule has 0 aliphatic rings. The summed E-state index contributed by atoms with van der Waals surface area (Å²) in [5.41, 5.74) is 8.03. The van der Waals surface area contributed by atoms with E-state index in [0.29, 0.717) is 13.0 Å². The molecule has 37 heavy (non-hydrogen) atoms. The summed E-state index contributed by atoms with van der Waals surface area (Å²) in [5, 5.41) is 2.49. The molecule has 3 rings (SSSR count). The van der Waals surface area contributed by atoms with E-state index < -0.39 is 5.92 Å². The molecular weight excluding hydrogens is 486 g/mol. The lowest BCUT2D eigenvalue weighted by Crippen LogP contribution is -2.49. The third kappa shape index (κ3) is 9.85. The smallest absolute Gasteiger partial charge is 0.305 e. The first kappa shape index (κ1) is 27.5. The highest BCUT2D eigenvalue weighted by atomic mass is 32.1. The van der Waals surface area contributed by atoms with Crippen LogP contribution in [0.2, 0.25) is 0 Å². The summed E-state index contributed by atoms with van der Waals surface area (Å²) in [7, 11) is 0. The molecule has 0 aliphatic heterocycles. The monoisotopic (exact) mass is 517 g/mol. The summed E-state index contributed by atoms with van der Waals surface area (Å²) in [6.45, 7) is 0.348. The summed E-state index contributed by atoms with van der Waals surface area (Å²) < 4.78 is 5.23. The number of nitrogens with one attached hydrogen (secondary N) is 3. The molecule has 0 spiro atoms. The van der Waals surface area contributed by atoms with Gasteiger partial charge in [-0.1, -0.05) is 91.0 Å². The number of aryl methyl sites for hydroxylation is 1. The minimum absolute atomic E-state index is 0.0262. The first-order valence-electron chi connectivity index (χ1n) is 12.2. The zero-order valence-corrected chi connectivity index (χ0v) is 21.3. The maximum Gasteiger partial charge on any atom is 0.305 e. The van der Waals surface area contributed by atoms with Gasteiger partial charge in [-0.15, -0.1) is 0 Å². The van der Waals surface area contributed by atoms with Gasteiger partial charge in [-0.25, -0.2) is 0 Å². The van der Waals surface area contributed by atoms with Gasteiger partial charge >= 0.3 is 5.97 Å². The first-order chi connectivity index (χ1) is 18.0. The van der Waals surface area contributed by atoms with E-state index in [1.54, 1.807) is 0 Å². The van der Waals surface area contributed by atoms with Gasteiger partial charge in [0.25, 0.3) is 0 Å². The van der Waals surface area contributed by atoms with Gasteiger partial charge in [-0.2, -0.15) is 0 Å². The molecule has 3 aromatic rings. The normalized spacial score (nSPS) is 10.4. The lowest BCUT2D eigenvalue weighted by molar-refractivity contribution is -0.143. The predicted octanol–water partition coefficient (Wildman–Crippen LogP) is 4.19. The topological polar surface area (TPSA) is 96.5 Å². The molecule has 0 saturated heterocycles. The fourth-order valence-corrected chi connectivity index (χ4v) is 3.93. The summed E-state index contributed by atoms with van der Waals surface area (Å²) in [6, 6.07) is 28.8. The average molecular weight is 518 g/mol. The molecule has 0 aliphatic carbocycles. The second kappa shape index (κ2) is 15.2. The van der Waals surface area contributed by atoms with Crippen molar-refractivity contribution in [2.45, 2.75) is 38.0 Å². The van der Waals surface area contributed by atoms with Gasteiger partial charge in [0.1, 0.15) is 0 Å². The number of esters is 1. The van der Waals surface area contributed by atoms with Gasteiger partial charge < -0.3 is 10.1 Å². The second-order valence-electron chi connectivity index (χ2n) is 8.41. The average Bonchev–Trinajstić information content (AvgIpc) is 2.92. The summed E-state index contributed by atoms with van der Waals surface area (Å²) in [4.78, 5) is 37.0. The fraction of sp³-hybridized carbons (Fsp3) is 0.241. The van der Waals surface area contributed by atoms with Gasteiger partial charge in [-0.05, 0) is 48.2 Å². The van der Waals surface area contributed by atoms with E-state index >= 15 is 0 Å². The van der Waals surface area contributed by atoms with Crippen LogP contribution in [0.5, 0.6) is 0 Å². The molecule has 3 N–H and O–H groups in total. The van der Waals surface area contributed by atoms with Crippen molar-refractivity contribution in [1.29, 1.82) is 0 Å². The van der Waals surface area contributed by atoms with E-state index in [9.17, 15) is 14.4 Å². The van der Waals surface area contributed by atoms with Crippen LogP contribution in [0.25, 0.3) is 0 Å². The van der Waals surface area contributed by atoms with Crippen LogP contribution in [0.3, 0.4) is 0 Å². The van der Waals surface area contributed by atoms with E-state index in [-0.39, 0.29) is 35.7 Å². The second-order valence-corrected chi connectivity index (χ2v) is 8.82. The van der Waals surface area contributed by atoms with E-state index in [1.807, 2.05) is 91.0 Å². The molecule has 0 atom stereocenters. The predicted molar refractivity (Wildman–Crippen MR) is 146 cm³/mol. The molecule has 0 fully saturated rings. The molecule has 0 unspecified atom stereocenters. The Kier molecular flexibility index (Phi) is 11.3. The third-order valence-electron chi connectivity index (χ3n) is 5.58. The van der Waals surface area contributed by atoms with Crippen LogP contribution in [-0.4, -0.2) is 29.5 Å². The number of hydrogen-bond donors (Lipinski definition) is 3. The van der Waals surface area contributed by atoms with Crippen LogP contribution in [0.4, 0.5) is 0 Å². The molecule has 0 bridgehead atoms. The number of ether oxygens (including phenoxy) is 1. The number of carbonyl (C=O) groups is 3. The number of thiocarbonyl (C=S) groups is 1. The van der Waals surface area contributed by atoms with Crippen molar-refractivity contribution in [2.75, 3.05) is 6.61 Å². The number of rotatable bonds is 11. The van der Waals surface area contributed by atoms with Crippen LogP contribution in [0.1, 0.15) is 48.3 Å². The molecule has 0 aromatic heterocycles. The number of amides is 2. The van der Waals surface area contributed by atoms with Gasteiger partial charge in [0.05, 0.1) is 12.5 Å². The lowest BCUT2D eigenvalue weighted by Gasteiger charge is -2.19. The number of carbonyl (C=O) groups excluding carboxylic acids is 3. The summed E-state index contributed by atoms with van der Waals surface area (Å²) >= 11 is 5.13. The van der Waals surface area contributed by atoms with Crippen molar-refractivity contribution < 1.29 is 19.1 Å². The Hall–Kier alpha value is -4.04. The van der Waals surface area contributed by atoms with Crippen molar-refractivity contribution >= 4 is 35.1 Å². The Morgan fingerprint density at radius 3 is 1.89 bits per heavy atom. The molecule has 2 amide bonds. The van der Waals surface area contributed by atoms with E-state index in [1.165, 1.54) is 5.56 Å². The van der Waals surface area contributed by atoms with E-state index in [4.69, 9.17) is 17.0 Å². The first-order valence-corrected chi connectivity index (χ1v) is 12.6. The molecule has 0 radical (unpaired) electrons. The van der Waals surface area contributed by atoms with E-state index in [0.717, 1.165) is 24.0 Å². The molecule has 0 saturated carbocycles. The SMILES string of the molecule is O=C(CCCC(=O)OCCCc1ccccc1)NC(=S)NNC(=O)C(c1ccccc1)c1ccccc1. The maximum atomic E-state index is 13.0. The molecule has 0 heterocycles. The zero-order valence-electron chi connectivity index (χ0n) is 20.5. The standard InChI is InChI=1S/C29H31N3O4S/c33-25(19-10-20-26(34)36-21-11-14-22-12-4-1-5-13-22)30-29(37)32-31-28(35)27(23-15-6-2-7-16-23)24-17-8-3-9-18-24/h1-9,12-13,15-18,27H,10-11,14,19-21H2,(H,31,35)(H2,30,32,33,37). The number of hydrogen-bond acceptors (Lipinski definition) is 5. The van der Waals surface area contributed by atoms with Crippen molar-refractivity contribution in [1.82, 2.24) is 16.2 Å². The molecule has 3 aromatic carbocycles. The largest absolute Gasteiger partial charge is 0.466 e. The Balaban J connectivity index is 1.34. The van der Waals surface area contributed by atoms with Crippen LogP contribution in [-0.2, 0) is 25.5 Å². The Bertz CT molecular complexity index is 1120. The lowest BCUT2D eigenvalue weighted by atomic mass is 9.91. The minimum atomic E-state index is -0.549. The highest BCUT2D eigenvalue weighted by Gasteiger charge is 2.22. The molecule has 7 nitrogen and oxygen atoms in total. The Labute approximate surface area is 222 Å². The van der Waals surface area contributed by atoms with Gasteiger partial charge in [0.2, 0.25) is 11.8 Å². The maximum absolute atomic E-state index is 13.0. The van der Waals surface area contributed by atoms with Crippen molar-refractivity contribution in [2.24, 2.45) is 0 Å². The highest BCUT2D eigenvalue weighted by Crippen LogP contribution is 2.24. The molecular formula is C29H31N3O4S. The van der Waals surface area contributed by atoms with Crippen LogP contribution in [0.15, 0.2) is 91.0 Å². The molecule has 8 heteroatoms. The third-order valence-corrected chi connectivity index (χ3v) is 5.78. The van der Waals surface area contributed by atoms with Gasteiger partial charge in [0.15, 0.2) is 5.11 Å². The van der Waals surface area contributed by atoms with Gasteiger partial charge in [0, 0.05) is 12.8 Å². The summed E-state index contributed by atoms with van der Waals surface area (Å²) in [6.07, 6.45) is 2.17.